The summed E-state index contributed by atoms with van der Waals surface area (Å²) in [6.07, 6.45) is 3.71. The van der Waals surface area contributed by atoms with Crippen LogP contribution in [-0.2, 0) is 0 Å². The van der Waals surface area contributed by atoms with Crippen molar-refractivity contribution in [2.75, 3.05) is 0 Å². The van der Waals surface area contributed by atoms with Crippen LogP contribution in [0, 0.1) is 0 Å². The van der Waals surface area contributed by atoms with Crippen molar-refractivity contribution in [3.05, 3.63) is 69.3 Å². The zero-order chi connectivity index (χ0) is 15.4. The van der Waals surface area contributed by atoms with Crippen molar-refractivity contribution in [3.63, 3.8) is 0 Å². The molecule has 2 aromatic rings. The van der Waals surface area contributed by atoms with Crippen LogP contribution in [0.15, 0.2) is 63.2 Å². The van der Waals surface area contributed by atoms with Crippen LogP contribution in [0.3, 0.4) is 0 Å². The molecule has 0 fully saturated rings. The normalized spacial score (nSPS) is 17.6. The zero-order valence-corrected chi connectivity index (χ0v) is 16.4. The molecule has 0 aromatic heterocycles. The van der Waals surface area contributed by atoms with E-state index in [1.54, 1.807) is 0 Å². The van der Waals surface area contributed by atoms with Crippen molar-refractivity contribution >= 4 is 52.3 Å². The average molecular weight is 466 g/mol. The minimum atomic E-state index is 0.309. The molecule has 0 amide bonds. The average Bonchev–Trinajstić information content (AvgIpc) is 2.93. The van der Waals surface area contributed by atoms with Gasteiger partial charge in [-0.1, -0.05) is 0 Å². The van der Waals surface area contributed by atoms with Gasteiger partial charge in [0.15, 0.2) is 0 Å². The molecule has 0 saturated heterocycles. The Morgan fingerprint density at radius 3 is 2.41 bits per heavy atom. The van der Waals surface area contributed by atoms with E-state index in [2.05, 4.69) is 78.0 Å². The number of nitrogens with zero attached hydrogens (tertiary/aromatic N) is 1. The fraction of sp³-hybridized carbons (Fsp3) is 0.211. The Bertz CT molecular complexity index is 719. The Balaban J connectivity index is 2.01. The van der Waals surface area contributed by atoms with E-state index in [-0.39, 0.29) is 0 Å². The van der Waals surface area contributed by atoms with Crippen molar-refractivity contribution in [3.8, 4) is 0 Å². The summed E-state index contributed by atoms with van der Waals surface area (Å²) in [5, 5.41) is 0. The van der Waals surface area contributed by atoms with Crippen LogP contribution in [0.5, 0.6) is 0 Å². The number of rotatable bonds is 4. The van der Waals surface area contributed by atoms with Gasteiger partial charge in [-0.25, -0.2) is 0 Å². The summed E-state index contributed by atoms with van der Waals surface area (Å²) >= 11 is 2.85. The Morgan fingerprint density at radius 2 is 1.68 bits per heavy atom. The molecule has 1 heterocycles. The van der Waals surface area contributed by atoms with Gasteiger partial charge in [-0.2, -0.15) is 0 Å². The van der Waals surface area contributed by atoms with Gasteiger partial charge < -0.3 is 0 Å². The van der Waals surface area contributed by atoms with E-state index in [1.807, 2.05) is 6.07 Å². The first-order chi connectivity index (χ1) is 10.8. The van der Waals surface area contributed by atoms with Gasteiger partial charge in [-0.15, -0.1) is 0 Å². The number of para-hydroxylation sites is 1. The number of halogens is 1. The van der Waals surface area contributed by atoms with Crippen molar-refractivity contribution in [1.82, 2.24) is 0 Å². The maximum atomic E-state index is 4.92. The molecule has 2 aromatic carbocycles. The number of hydrogen-bond acceptors (Lipinski definition) is 1. The van der Waals surface area contributed by atoms with Crippen LogP contribution >= 0.6 is 22.6 Å². The monoisotopic (exact) mass is 467 g/mol. The quantitative estimate of drug-likeness (QED) is 0.401. The van der Waals surface area contributed by atoms with Crippen LogP contribution in [0.1, 0.15) is 37.3 Å². The van der Waals surface area contributed by atoms with Crippen molar-refractivity contribution in [1.29, 1.82) is 0 Å². The van der Waals surface area contributed by atoms with Gasteiger partial charge in [0.1, 0.15) is 0 Å². The van der Waals surface area contributed by atoms with Gasteiger partial charge in [-0.3, -0.25) is 0 Å². The molecule has 0 atom stereocenters. The molecule has 1 nitrogen and oxygen atoms in total. The fourth-order valence-electron chi connectivity index (χ4n) is 2.42. The second-order valence-corrected chi connectivity index (χ2v) is 8.64. The van der Waals surface area contributed by atoms with E-state index in [0.717, 1.165) is 5.69 Å². The molecule has 1 aliphatic heterocycles. The summed E-state index contributed by atoms with van der Waals surface area (Å²) in [6, 6.07) is 19.0. The predicted molar refractivity (Wildman–Crippen MR) is 105 cm³/mol. The van der Waals surface area contributed by atoms with Crippen molar-refractivity contribution < 1.29 is 0 Å². The van der Waals surface area contributed by atoms with Gasteiger partial charge in [0, 0.05) is 0 Å². The standard InChI is InChI=1S/C19H18INSe/c1-2-3-13-17(20)18-15-11-7-8-12-16(15)19(22-18)21-14-9-5-4-6-10-14/h4-12H,2-3,13H2,1H3/b18-17-,21-19?. The van der Waals surface area contributed by atoms with Gasteiger partial charge >= 0.3 is 153 Å². The number of aliphatic imine (C=N–C) groups is 1. The molecular formula is C19H18INSe. The molecule has 0 radical (unpaired) electrons. The van der Waals surface area contributed by atoms with Gasteiger partial charge in [0.2, 0.25) is 0 Å². The molecule has 0 spiro atoms. The fourth-order valence-corrected chi connectivity index (χ4v) is 6.05. The van der Waals surface area contributed by atoms with Crippen LogP contribution in [0.2, 0.25) is 0 Å². The Hall–Kier alpha value is -0.901. The van der Waals surface area contributed by atoms with Gasteiger partial charge in [-0.05, 0) is 0 Å². The molecule has 22 heavy (non-hydrogen) atoms. The Labute approximate surface area is 152 Å². The predicted octanol–water partition coefficient (Wildman–Crippen LogP) is 5.78. The summed E-state index contributed by atoms with van der Waals surface area (Å²) in [4.78, 5) is 4.92. The summed E-state index contributed by atoms with van der Waals surface area (Å²) in [5.74, 6) is 0. The van der Waals surface area contributed by atoms with E-state index in [4.69, 9.17) is 4.99 Å². The summed E-state index contributed by atoms with van der Waals surface area (Å²) < 4.78 is 4.31. The zero-order valence-electron chi connectivity index (χ0n) is 12.6. The molecule has 0 unspecified atom stereocenters. The molecule has 3 heteroatoms. The second kappa shape index (κ2) is 7.58. The third-order valence-electron chi connectivity index (χ3n) is 3.58. The van der Waals surface area contributed by atoms with E-state index in [1.165, 1.54) is 43.1 Å². The summed E-state index contributed by atoms with van der Waals surface area (Å²) in [7, 11) is 0. The summed E-state index contributed by atoms with van der Waals surface area (Å²) in [5.41, 5.74) is 3.78. The first-order valence-electron chi connectivity index (χ1n) is 7.59. The first kappa shape index (κ1) is 16.0. The molecule has 112 valence electrons. The third-order valence-corrected chi connectivity index (χ3v) is 7.95. The van der Waals surface area contributed by atoms with Crippen molar-refractivity contribution in [2.45, 2.75) is 26.2 Å². The molecular weight excluding hydrogens is 448 g/mol. The van der Waals surface area contributed by atoms with Crippen molar-refractivity contribution in [2.24, 2.45) is 4.99 Å². The Morgan fingerprint density at radius 1 is 1.00 bits per heavy atom. The van der Waals surface area contributed by atoms with Crippen LogP contribution in [-0.4, -0.2) is 19.6 Å². The summed E-state index contributed by atoms with van der Waals surface area (Å²) in [6.45, 7) is 2.25. The second-order valence-electron chi connectivity index (χ2n) is 5.24. The van der Waals surface area contributed by atoms with Crippen LogP contribution < -0.4 is 0 Å². The first-order valence-corrected chi connectivity index (χ1v) is 10.4. The van der Waals surface area contributed by atoms with Crippen LogP contribution in [0.25, 0.3) is 4.47 Å². The number of allylic oxidation sites excluding steroid dienone is 1. The number of benzene rings is 2. The van der Waals surface area contributed by atoms with E-state index in [9.17, 15) is 0 Å². The molecule has 0 N–H and O–H groups in total. The molecule has 0 aliphatic carbocycles. The van der Waals surface area contributed by atoms with Crippen LogP contribution in [0.4, 0.5) is 5.69 Å². The minimum absolute atomic E-state index is 0.309. The van der Waals surface area contributed by atoms with E-state index >= 15 is 0 Å². The van der Waals surface area contributed by atoms with Gasteiger partial charge in [0.05, 0.1) is 0 Å². The van der Waals surface area contributed by atoms with E-state index in [0.29, 0.717) is 15.0 Å². The maximum absolute atomic E-state index is 4.92. The topological polar surface area (TPSA) is 12.4 Å². The molecule has 1 aliphatic rings. The SMILES string of the molecule is CCCC/C(I)=C1/[Se]C(=Nc2ccccc2)c2ccccc21. The number of unbranched alkanes of at least 4 members (excludes halogenated alkanes) is 1. The third kappa shape index (κ3) is 3.53. The van der Waals surface area contributed by atoms with Gasteiger partial charge in [0.25, 0.3) is 0 Å². The Kier molecular flexibility index (Phi) is 5.50. The number of hydrogen-bond donors (Lipinski definition) is 0. The molecule has 0 bridgehead atoms. The molecule has 3 rings (SSSR count). The number of fused-ring (bicyclic) bond motifs is 1. The van der Waals surface area contributed by atoms with E-state index < -0.39 is 0 Å². The molecule has 0 saturated carbocycles.